The fourth-order valence-corrected chi connectivity index (χ4v) is 4.49. The second kappa shape index (κ2) is 9.22. The SMILES string of the molecule is CC(C)(C)c1cc(NC(=O)c2cccc(CSc3ncnc4[nH]ncc34)c2)cc(C(C)(C)C)c1. The Hall–Kier alpha value is -3.19. The van der Waals surface area contributed by atoms with E-state index in [0.717, 1.165) is 27.3 Å². The number of aromatic amines is 1. The molecule has 0 unspecified atom stereocenters. The van der Waals surface area contributed by atoms with Crippen molar-refractivity contribution in [2.75, 3.05) is 5.32 Å². The number of carbonyl (C=O) groups excluding carboxylic acids is 1. The van der Waals surface area contributed by atoms with Gasteiger partial charge in [-0.3, -0.25) is 9.89 Å². The number of benzene rings is 2. The summed E-state index contributed by atoms with van der Waals surface area (Å²) in [5, 5.41) is 11.8. The Morgan fingerprint density at radius 1 is 0.971 bits per heavy atom. The molecule has 176 valence electrons. The van der Waals surface area contributed by atoms with E-state index in [-0.39, 0.29) is 16.7 Å². The second-order valence-electron chi connectivity index (χ2n) is 10.6. The first-order chi connectivity index (χ1) is 16.0. The molecule has 4 rings (SSSR count). The monoisotopic (exact) mass is 473 g/mol. The maximum absolute atomic E-state index is 13.2. The molecule has 4 aromatic rings. The Morgan fingerprint density at radius 2 is 1.68 bits per heavy atom. The smallest absolute Gasteiger partial charge is 0.255 e. The van der Waals surface area contributed by atoms with E-state index in [2.05, 4.69) is 85.2 Å². The van der Waals surface area contributed by atoms with Crippen molar-refractivity contribution < 1.29 is 4.79 Å². The van der Waals surface area contributed by atoms with Crippen molar-refractivity contribution in [2.24, 2.45) is 0 Å². The predicted octanol–water partition coefficient (Wildman–Crippen LogP) is 6.49. The summed E-state index contributed by atoms with van der Waals surface area (Å²) in [7, 11) is 0. The third-order valence-corrected chi connectivity index (χ3v) is 6.78. The van der Waals surface area contributed by atoms with Crippen molar-refractivity contribution >= 4 is 34.4 Å². The highest BCUT2D eigenvalue weighted by atomic mass is 32.2. The molecule has 0 saturated heterocycles. The van der Waals surface area contributed by atoms with Gasteiger partial charge in [0.2, 0.25) is 0 Å². The zero-order valence-electron chi connectivity index (χ0n) is 20.6. The first-order valence-corrected chi connectivity index (χ1v) is 12.3. The molecule has 0 radical (unpaired) electrons. The molecule has 0 bridgehead atoms. The minimum absolute atomic E-state index is 0.0146. The van der Waals surface area contributed by atoms with Crippen molar-refractivity contribution in [3.05, 3.63) is 77.2 Å². The Balaban J connectivity index is 1.53. The highest BCUT2D eigenvalue weighted by molar-refractivity contribution is 7.98. The van der Waals surface area contributed by atoms with Crippen molar-refractivity contribution in [1.82, 2.24) is 20.2 Å². The van der Waals surface area contributed by atoms with Gasteiger partial charge in [0.25, 0.3) is 5.91 Å². The molecule has 0 aliphatic heterocycles. The standard InChI is InChI=1S/C27H31N5OS/c1-26(2,3)19-11-20(27(4,5)6)13-21(12-19)31-24(33)18-9-7-8-17(10-18)15-34-25-22-14-30-32-23(22)28-16-29-25/h7-14,16H,15H2,1-6H3,(H,31,33)(H,28,29,30,32). The number of nitrogens with one attached hydrogen (secondary N) is 2. The molecule has 6 nitrogen and oxygen atoms in total. The number of anilines is 1. The molecule has 2 aromatic carbocycles. The van der Waals surface area contributed by atoms with Gasteiger partial charge in [-0.25, -0.2) is 9.97 Å². The Morgan fingerprint density at radius 3 is 2.35 bits per heavy atom. The van der Waals surface area contributed by atoms with Crippen LogP contribution in [0.25, 0.3) is 11.0 Å². The van der Waals surface area contributed by atoms with Gasteiger partial charge in [-0.05, 0) is 51.8 Å². The second-order valence-corrected chi connectivity index (χ2v) is 11.5. The van der Waals surface area contributed by atoms with E-state index in [1.54, 1.807) is 18.0 Å². The van der Waals surface area contributed by atoms with Crippen molar-refractivity contribution in [1.29, 1.82) is 0 Å². The number of hydrogen-bond donors (Lipinski definition) is 2. The third-order valence-electron chi connectivity index (χ3n) is 5.70. The van der Waals surface area contributed by atoms with E-state index in [1.165, 1.54) is 17.5 Å². The molecular weight excluding hydrogens is 442 g/mol. The van der Waals surface area contributed by atoms with Crippen LogP contribution in [-0.2, 0) is 16.6 Å². The minimum atomic E-state index is -0.114. The number of carbonyl (C=O) groups is 1. The number of aromatic nitrogens is 4. The van der Waals surface area contributed by atoms with Gasteiger partial charge < -0.3 is 5.32 Å². The lowest BCUT2D eigenvalue weighted by atomic mass is 9.80. The molecule has 0 fully saturated rings. The van der Waals surface area contributed by atoms with Crippen LogP contribution in [0.15, 0.2) is 60.0 Å². The molecule has 0 spiro atoms. The number of amides is 1. The van der Waals surface area contributed by atoms with Gasteiger partial charge in [0.05, 0.1) is 11.6 Å². The van der Waals surface area contributed by atoms with E-state index in [1.807, 2.05) is 24.3 Å². The van der Waals surface area contributed by atoms with Gasteiger partial charge >= 0.3 is 0 Å². The number of nitrogens with zero attached hydrogens (tertiary/aromatic N) is 3. The molecular formula is C27H31N5OS. The van der Waals surface area contributed by atoms with E-state index < -0.39 is 0 Å². The van der Waals surface area contributed by atoms with Crippen LogP contribution in [-0.4, -0.2) is 26.1 Å². The summed E-state index contributed by atoms with van der Waals surface area (Å²) in [5.41, 5.74) is 5.60. The molecule has 1 amide bonds. The topological polar surface area (TPSA) is 83.6 Å². The first kappa shape index (κ1) is 24.0. The van der Waals surface area contributed by atoms with E-state index in [4.69, 9.17) is 0 Å². The molecule has 0 aliphatic rings. The lowest BCUT2D eigenvalue weighted by Crippen LogP contribution is -2.19. The number of fused-ring (bicyclic) bond motifs is 1. The molecule has 2 N–H and O–H groups in total. The maximum Gasteiger partial charge on any atom is 0.255 e. The van der Waals surface area contributed by atoms with Crippen LogP contribution < -0.4 is 5.32 Å². The van der Waals surface area contributed by atoms with E-state index in [0.29, 0.717) is 11.3 Å². The number of thioether (sulfide) groups is 1. The summed E-state index contributed by atoms with van der Waals surface area (Å²) in [5.74, 6) is 0.573. The van der Waals surface area contributed by atoms with Gasteiger partial charge in [0, 0.05) is 17.0 Å². The molecule has 0 aliphatic carbocycles. The van der Waals surface area contributed by atoms with E-state index >= 15 is 0 Å². The van der Waals surface area contributed by atoms with Gasteiger partial charge in [-0.1, -0.05) is 59.7 Å². The molecule has 0 atom stereocenters. The van der Waals surface area contributed by atoms with Crippen LogP contribution in [0.1, 0.15) is 68.6 Å². The van der Waals surface area contributed by atoms with Crippen LogP contribution in [0.2, 0.25) is 0 Å². The summed E-state index contributed by atoms with van der Waals surface area (Å²) in [6, 6.07) is 14.1. The van der Waals surface area contributed by atoms with Crippen LogP contribution in [0, 0.1) is 0 Å². The minimum Gasteiger partial charge on any atom is -0.322 e. The molecule has 0 saturated carbocycles. The highest BCUT2D eigenvalue weighted by Gasteiger charge is 2.21. The summed E-state index contributed by atoms with van der Waals surface area (Å²) < 4.78 is 0. The van der Waals surface area contributed by atoms with Crippen molar-refractivity contribution in [3.63, 3.8) is 0 Å². The number of H-pyrrole nitrogens is 1. The number of hydrogen-bond acceptors (Lipinski definition) is 5. The third kappa shape index (κ3) is 5.47. The molecule has 7 heteroatoms. The van der Waals surface area contributed by atoms with Crippen molar-refractivity contribution in [2.45, 2.75) is 63.2 Å². The summed E-state index contributed by atoms with van der Waals surface area (Å²) in [6.45, 7) is 13.1. The summed E-state index contributed by atoms with van der Waals surface area (Å²) in [6.07, 6.45) is 3.27. The van der Waals surface area contributed by atoms with E-state index in [9.17, 15) is 4.79 Å². The normalized spacial score (nSPS) is 12.2. The van der Waals surface area contributed by atoms with Crippen LogP contribution in [0.5, 0.6) is 0 Å². The zero-order valence-corrected chi connectivity index (χ0v) is 21.4. The fourth-order valence-electron chi connectivity index (χ4n) is 3.58. The lowest BCUT2D eigenvalue weighted by Gasteiger charge is -2.26. The average molecular weight is 474 g/mol. The molecule has 34 heavy (non-hydrogen) atoms. The van der Waals surface area contributed by atoms with Gasteiger partial charge in [0.15, 0.2) is 5.65 Å². The fraction of sp³-hybridized carbons (Fsp3) is 0.333. The van der Waals surface area contributed by atoms with Crippen LogP contribution in [0.4, 0.5) is 5.69 Å². The van der Waals surface area contributed by atoms with Crippen LogP contribution in [0.3, 0.4) is 0 Å². The van der Waals surface area contributed by atoms with Gasteiger partial charge in [0.1, 0.15) is 11.4 Å². The molecule has 2 aromatic heterocycles. The highest BCUT2D eigenvalue weighted by Crippen LogP contribution is 2.32. The summed E-state index contributed by atoms with van der Waals surface area (Å²) in [4.78, 5) is 21.7. The summed E-state index contributed by atoms with van der Waals surface area (Å²) >= 11 is 1.60. The van der Waals surface area contributed by atoms with Gasteiger partial charge in [-0.2, -0.15) is 5.10 Å². The quantitative estimate of drug-likeness (QED) is 0.256. The van der Waals surface area contributed by atoms with Gasteiger partial charge in [-0.15, -0.1) is 11.8 Å². The first-order valence-electron chi connectivity index (χ1n) is 11.3. The zero-order chi connectivity index (χ0) is 24.5. The maximum atomic E-state index is 13.2. The van der Waals surface area contributed by atoms with Crippen molar-refractivity contribution in [3.8, 4) is 0 Å². The largest absolute Gasteiger partial charge is 0.322 e. The lowest BCUT2D eigenvalue weighted by molar-refractivity contribution is 0.102. The number of rotatable bonds is 5. The average Bonchev–Trinajstić information content (AvgIpc) is 3.26. The Bertz CT molecular complexity index is 1300. The van der Waals surface area contributed by atoms with Crippen LogP contribution >= 0.6 is 11.8 Å². The predicted molar refractivity (Wildman–Crippen MR) is 139 cm³/mol. The Labute approximate surface area is 205 Å². The molecule has 2 heterocycles. The Kier molecular flexibility index (Phi) is 6.49.